The highest BCUT2D eigenvalue weighted by molar-refractivity contribution is 5.60. The van der Waals surface area contributed by atoms with Crippen LogP contribution >= 0.6 is 0 Å². The van der Waals surface area contributed by atoms with E-state index in [1.54, 1.807) is 0 Å². The van der Waals surface area contributed by atoms with Crippen LogP contribution in [-0.4, -0.2) is 35.6 Å². The van der Waals surface area contributed by atoms with Crippen LogP contribution in [0, 0.1) is 13.8 Å². The fourth-order valence-corrected chi connectivity index (χ4v) is 2.03. The van der Waals surface area contributed by atoms with Gasteiger partial charge in [-0.25, -0.2) is 0 Å². The van der Waals surface area contributed by atoms with Crippen molar-refractivity contribution >= 4 is 11.9 Å². The molecule has 0 unspecified atom stereocenters. The maximum atomic E-state index is 4.53. The highest BCUT2D eigenvalue weighted by Gasteiger charge is 2.10. The molecule has 2 rings (SSSR count). The van der Waals surface area contributed by atoms with Crippen LogP contribution in [-0.2, 0) is 0 Å². The van der Waals surface area contributed by atoms with Gasteiger partial charge in [-0.05, 0) is 32.9 Å². The molecule has 0 saturated carbocycles. The summed E-state index contributed by atoms with van der Waals surface area (Å²) in [7, 11) is 3.85. The van der Waals surface area contributed by atoms with Crippen LogP contribution in [0.4, 0.5) is 11.9 Å². The minimum atomic E-state index is 0.611. The van der Waals surface area contributed by atoms with Crippen molar-refractivity contribution < 1.29 is 0 Å². The molecule has 1 N–H and O–H groups in total. The molecule has 0 spiro atoms. The Morgan fingerprint density at radius 3 is 2.20 bits per heavy atom. The number of rotatable bonds is 4. The summed E-state index contributed by atoms with van der Waals surface area (Å²) in [5, 5.41) is 3.15. The molecule has 0 aliphatic carbocycles. The van der Waals surface area contributed by atoms with Crippen LogP contribution in [0.2, 0.25) is 0 Å². The lowest BCUT2D eigenvalue weighted by Gasteiger charge is -2.13. The van der Waals surface area contributed by atoms with E-state index in [1.807, 2.05) is 25.9 Å². The zero-order valence-corrected chi connectivity index (χ0v) is 12.7. The van der Waals surface area contributed by atoms with Crippen molar-refractivity contribution in [2.75, 3.05) is 30.9 Å². The second kappa shape index (κ2) is 5.86. The number of hydrogen-bond acceptors (Lipinski definition) is 5. The van der Waals surface area contributed by atoms with Gasteiger partial charge in [0.15, 0.2) is 5.82 Å². The fraction of sp³-hybridized carbons (Fsp3) is 0.400. The van der Waals surface area contributed by atoms with Gasteiger partial charge in [-0.3, -0.25) is 0 Å². The van der Waals surface area contributed by atoms with Gasteiger partial charge in [0.1, 0.15) is 0 Å². The van der Waals surface area contributed by atoms with E-state index >= 15 is 0 Å². The van der Waals surface area contributed by atoms with Gasteiger partial charge in [0.05, 0.1) is 0 Å². The first-order chi connectivity index (χ1) is 9.49. The van der Waals surface area contributed by atoms with Crippen LogP contribution in [0.25, 0.3) is 11.4 Å². The number of nitrogens with zero attached hydrogens (tertiary/aromatic N) is 4. The Bertz CT molecular complexity index is 587. The third kappa shape index (κ3) is 3.23. The van der Waals surface area contributed by atoms with E-state index in [1.165, 1.54) is 11.1 Å². The minimum absolute atomic E-state index is 0.611. The smallest absolute Gasteiger partial charge is 0.230 e. The molecular weight excluding hydrogens is 250 g/mol. The summed E-state index contributed by atoms with van der Waals surface area (Å²) in [6.45, 7) is 6.96. The number of anilines is 2. The van der Waals surface area contributed by atoms with Gasteiger partial charge in [-0.2, -0.15) is 15.0 Å². The van der Waals surface area contributed by atoms with Gasteiger partial charge in [0.2, 0.25) is 11.9 Å². The second-order valence-electron chi connectivity index (χ2n) is 5.08. The molecule has 106 valence electrons. The molecule has 0 amide bonds. The monoisotopic (exact) mass is 271 g/mol. The molecule has 0 bridgehead atoms. The maximum Gasteiger partial charge on any atom is 0.230 e. The van der Waals surface area contributed by atoms with Crippen LogP contribution in [0.15, 0.2) is 18.2 Å². The number of hydrogen-bond donors (Lipinski definition) is 1. The topological polar surface area (TPSA) is 53.9 Å². The molecular formula is C15H21N5. The molecule has 0 atom stereocenters. The first-order valence-corrected chi connectivity index (χ1v) is 6.75. The summed E-state index contributed by atoms with van der Waals surface area (Å²) < 4.78 is 0. The Balaban J connectivity index is 2.54. The average molecular weight is 271 g/mol. The van der Waals surface area contributed by atoms with Crippen molar-refractivity contribution in [1.82, 2.24) is 15.0 Å². The van der Waals surface area contributed by atoms with Crippen molar-refractivity contribution in [2.45, 2.75) is 20.8 Å². The quantitative estimate of drug-likeness (QED) is 0.926. The van der Waals surface area contributed by atoms with E-state index < -0.39 is 0 Å². The first kappa shape index (κ1) is 14.2. The van der Waals surface area contributed by atoms with Gasteiger partial charge < -0.3 is 10.2 Å². The average Bonchev–Trinajstić information content (AvgIpc) is 2.37. The second-order valence-corrected chi connectivity index (χ2v) is 5.08. The molecule has 1 aromatic heterocycles. The predicted octanol–water partition coefficient (Wildman–Crippen LogP) is 2.65. The van der Waals surface area contributed by atoms with Gasteiger partial charge >= 0.3 is 0 Å². The number of aromatic nitrogens is 3. The zero-order valence-electron chi connectivity index (χ0n) is 12.7. The highest BCUT2D eigenvalue weighted by atomic mass is 15.3. The minimum Gasteiger partial charge on any atom is -0.354 e. The van der Waals surface area contributed by atoms with Crippen molar-refractivity contribution in [3.8, 4) is 11.4 Å². The lowest BCUT2D eigenvalue weighted by molar-refractivity contribution is 0.953. The molecule has 0 fully saturated rings. The Hall–Kier alpha value is -2.17. The SMILES string of the molecule is CCNc1nc(-c2cc(C)cc(C)c2)nc(N(C)C)n1. The maximum absolute atomic E-state index is 4.53. The van der Waals surface area contributed by atoms with Gasteiger partial charge in [-0.1, -0.05) is 17.2 Å². The molecule has 0 aliphatic rings. The highest BCUT2D eigenvalue weighted by Crippen LogP contribution is 2.21. The van der Waals surface area contributed by atoms with E-state index in [4.69, 9.17) is 0 Å². The Morgan fingerprint density at radius 1 is 1.00 bits per heavy atom. The molecule has 5 nitrogen and oxygen atoms in total. The largest absolute Gasteiger partial charge is 0.354 e. The van der Waals surface area contributed by atoms with Crippen molar-refractivity contribution in [3.63, 3.8) is 0 Å². The third-order valence-electron chi connectivity index (χ3n) is 2.84. The summed E-state index contributed by atoms with van der Waals surface area (Å²) in [6.07, 6.45) is 0. The summed E-state index contributed by atoms with van der Waals surface area (Å²) in [4.78, 5) is 15.3. The van der Waals surface area contributed by atoms with Crippen molar-refractivity contribution in [3.05, 3.63) is 29.3 Å². The van der Waals surface area contributed by atoms with Gasteiger partial charge in [0.25, 0.3) is 0 Å². The zero-order chi connectivity index (χ0) is 14.7. The summed E-state index contributed by atoms with van der Waals surface area (Å²) in [5.41, 5.74) is 3.43. The normalized spacial score (nSPS) is 10.4. The lowest BCUT2D eigenvalue weighted by Crippen LogP contribution is -2.15. The standard InChI is InChI=1S/C15H21N5/c1-6-16-14-17-13(18-15(19-14)20(4)5)12-8-10(2)7-11(3)9-12/h7-9H,6H2,1-5H3,(H,16,17,18,19). The lowest BCUT2D eigenvalue weighted by atomic mass is 10.1. The summed E-state index contributed by atoms with van der Waals surface area (Å²) in [5.74, 6) is 1.97. The van der Waals surface area contributed by atoms with Crippen LogP contribution in [0.5, 0.6) is 0 Å². The molecule has 5 heteroatoms. The Labute approximate surface area is 120 Å². The number of aryl methyl sites for hydroxylation is 2. The van der Waals surface area contributed by atoms with E-state index in [9.17, 15) is 0 Å². The Morgan fingerprint density at radius 2 is 1.65 bits per heavy atom. The van der Waals surface area contributed by atoms with E-state index in [0.717, 1.165) is 12.1 Å². The fourth-order valence-electron chi connectivity index (χ4n) is 2.03. The van der Waals surface area contributed by atoms with Gasteiger partial charge in [-0.15, -0.1) is 0 Å². The molecule has 0 radical (unpaired) electrons. The molecule has 0 saturated heterocycles. The third-order valence-corrected chi connectivity index (χ3v) is 2.84. The number of benzene rings is 1. The molecule has 0 aliphatic heterocycles. The van der Waals surface area contributed by atoms with E-state index in [-0.39, 0.29) is 0 Å². The predicted molar refractivity (Wildman–Crippen MR) is 83.2 cm³/mol. The van der Waals surface area contributed by atoms with Gasteiger partial charge in [0, 0.05) is 26.2 Å². The summed E-state index contributed by atoms with van der Waals surface area (Å²) >= 11 is 0. The van der Waals surface area contributed by atoms with Crippen molar-refractivity contribution in [2.24, 2.45) is 0 Å². The Kier molecular flexibility index (Phi) is 4.17. The number of nitrogens with one attached hydrogen (secondary N) is 1. The molecule has 1 aromatic carbocycles. The van der Waals surface area contributed by atoms with Crippen LogP contribution in [0.3, 0.4) is 0 Å². The van der Waals surface area contributed by atoms with Crippen molar-refractivity contribution in [1.29, 1.82) is 0 Å². The first-order valence-electron chi connectivity index (χ1n) is 6.75. The molecule has 2 aromatic rings. The van der Waals surface area contributed by atoms with E-state index in [2.05, 4.69) is 52.3 Å². The summed E-state index contributed by atoms with van der Waals surface area (Å²) in [6, 6.07) is 6.33. The molecule has 1 heterocycles. The van der Waals surface area contributed by atoms with Crippen LogP contribution < -0.4 is 10.2 Å². The molecule has 20 heavy (non-hydrogen) atoms. The van der Waals surface area contributed by atoms with Crippen LogP contribution in [0.1, 0.15) is 18.1 Å². The van der Waals surface area contributed by atoms with E-state index in [0.29, 0.717) is 17.7 Å².